The van der Waals surface area contributed by atoms with E-state index in [1.807, 2.05) is 24.4 Å². The number of aromatic nitrogens is 2. The number of hydrogen-bond acceptors (Lipinski definition) is 5. The Kier molecular flexibility index (Phi) is 4.43. The fourth-order valence-corrected chi connectivity index (χ4v) is 2.25. The Labute approximate surface area is 124 Å². The highest BCUT2D eigenvalue weighted by atomic mass is 16.5. The molecule has 5 nitrogen and oxygen atoms in total. The second kappa shape index (κ2) is 6.65. The third-order valence-corrected chi connectivity index (χ3v) is 3.61. The van der Waals surface area contributed by atoms with Crippen molar-refractivity contribution < 1.29 is 9.84 Å². The molecule has 0 aliphatic carbocycles. The van der Waals surface area contributed by atoms with Gasteiger partial charge in [-0.25, -0.2) is 0 Å². The lowest BCUT2D eigenvalue weighted by Gasteiger charge is -2.27. The minimum absolute atomic E-state index is 0.103. The number of nitrogens with zero attached hydrogens (tertiary/aromatic N) is 2. The summed E-state index contributed by atoms with van der Waals surface area (Å²) in [6, 6.07) is 6.37. The van der Waals surface area contributed by atoms with E-state index in [0.29, 0.717) is 19.1 Å². The van der Waals surface area contributed by atoms with Crippen LogP contribution >= 0.6 is 0 Å². The lowest BCUT2D eigenvalue weighted by Crippen LogP contribution is -2.46. The van der Waals surface area contributed by atoms with Crippen LogP contribution in [0.2, 0.25) is 0 Å². The van der Waals surface area contributed by atoms with Crippen LogP contribution < -0.4 is 10.1 Å². The van der Waals surface area contributed by atoms with Crippen molar-refractivity contribution in [3.05, 3.63) is 42.5 Å². The lowest BCUT2D eigenvalue weighted by atomic mass is 10.1. The Morgan fingerprint density at radius 2 is 2.19 bits per heavy atom. The summed E-state index contributed by atoms with van der Waals surface area (Å²) in [4.78, 5) is 8.48. The molecule has 0 saturated carbocycles. The fourth-order valence-electron chi connectivity index (χ4n) is 2.25. The van der Waals surface area contributed by atoms with Crippen LogP contribution in [0.5, 0.6) is 5.75 Å². The normalized spacial score (nSPS) is 17.3. The molecule has 21 heavy (non-hydrogen) atoms. The first-order valence-electron chi connectivity index (χ1n) is 7.22. The molecule has 0 aromatic carbocycles. The number of nitrogens with one attached hydrogen (secondary N) is 1. The summed E-state index contributed by atoms with van der Waals surface area (Å²) in [5.74, 6) is 0.779. The highest BCUT2D eigenvalue weighted by Gasteiger charge is 2.16. The summed E-state index contributed by atoms with van der Waals surface area (Å²) in [5, 5.41) is 12.3. The minimum atomic E-state index is 0.103. The van der Waals surface area contributed by atoms with E-state index in [1.54, 1.807) is 12.4 Å². The van der Waals surface area contributed by atoms with Gasteiger partial charge in [0.25, 0.3) is 0 Å². The maximum absolute atomic E-state index is 9.00. The molecule has 110 valence electrons. The van der Waals surface area contributed by atoms with E-state index in [9.17, 15) is 0 Å². The van der Waals surface area contributed by atoms with Gasteiger partial charge in [0, 0.05) is 42.7 Å². The van der Waals surface area contributed by atoms with E-state index in [2.05, 4.69) is 15.3 Å². The van der Waals surface area contributed by atoms with Crippen LogP contribution in [0.15, 0.2) is 36.8 Å². The molecule has 3 rings (SSSR count). The molecule has 0 radical (unpaired) electrons. The molecule has 5 heteroatoms. The Morgan fingerprint density at radius 1 is 1.29 bits per heavy atom. The molecule has 0 unspecified atom stereocenters. The largest absolute Gasteiger partial charge is 0.490 e. The topological polar surface area (TPSA) is 67.3 Å². The number of rotatable bonds is 6. The van der Waals surface area contributed by atoms with Crippen molar-refractivity contribution >= 4 is 0 Å². The van der Waals surface area contributed by atoms with Gasteiger partial charge in [0.2, 0.25) is 0 Å². The minimum Gasteiger partial charge on any atom is -0.490 e. The van der Waals surface area contributed by atoms with Crippen molar-refractivity contribution in [1.29, 1.82) is 0 Å². The second-order valence-electron chi connectivity index (χ2n) is 5.17. The van der Waals surface area contributed by atoms with Gasteiger partial charge in [-0.3, -0.25) is 9.97 Å². The van der Waals surface area contributed by atoms with Crippen molar-refractivity contribution in [3.8, 4) is 16.9 Å². The predicted octanol–water partition coefficient (Wildman–Crippen LogP) is 1.42. The van der Waals surface area contributed by atoms with Gasteiger partial charge in [-0.1, -0.05) is 0 Å². The Hall–Kier alpha value is -1.98. The summed E-state index contributed by atoms with van der Waals surface area (Å²) < 4.78 is 5.77. The van der Waals surface area contributed by atoms with Gasteiger partial charge in [-0.2, -0.15) is 0 Å². The third kappa shape index (κ3) is 3.56. The van der Waals surface area contributed by atoms with Gasteiger partial charge in [0.1, 0.15) is 12.4 Å². The van der Waals surface area contributed by atoms with Crippen molar-refractivity contribution in [2.24, 2.45) is 0 Å². The quantitative estimate of drug-likeness (QED) is 0.840. The van der Waals surface area contributed by atoms with Gasteiger partial charge < -0.3 is 15.2 Å². The van der Waals surface area contributed by atoms with Crippen LogP contribution in [0.3, 0.4) is 0 Å². The van der Waals surface area contributed by atoms with Crippen LogP contribution in [0.4, 0.5) is 0 Å². The molecule has 2 N–H and O–H groups in total. The molecule has 3 heterocycles. The number of ether oxygens (including phenoxy) is 1. The molecular weight excluding hydrogens is 266 g/mol. The summed E-state index contributed by atoms with van der Waals surface area (Å²) >= 11 is 0. The van der Waals surface area contributed by atoms with Crippen molar-refractivity contribution in [2.45, 2.75) is 18.9 Å². The molecule has 0 bridgehead atoms. The summed E-state index contributed by atoms with van der Waals surface area (Å²) in [7, 11) is 0. The number of hydrogen-bond donors (Lipinski definition) is 2. The monoisotopic (exact) mass is 285 g/mol. The van der Waals surface area contributed by atoms with Gasteiger partial charge in [0.15, 0.2) is 0 Å². The first-order valence-corrected chi connectivity index (χ1v) is 7.22. The van der Waals surface area contributed by atoms with E-state index in [1.165, 1.54) is 6.42 Å². The molecule has 2 aromatic rings. The zero-order valence-corrected chi connectivity index (χ0v) is 11.8. The summed E-state index contributed by atoms with van der Waals surface area (Å²) in [5.41, 5.74) is 2.91. The molecule has 1 fully saturated rings. The van der Waals surface area contributed by atoms with Gasteiger partial charge in [-0.15, -0.1) is 0 Å². The molecule has 1 aliphatic heterocycles. The Bertz CT molecular complexity index is 600. The van der Waals surface area contributed by atoms with Crippen LogP contribution in [0.1, 0.15) is 12.1 Å². The zero-order chi connectivity index (χ0) is 14.5. The summed E-state index contributed by atoms with van der Waals surface area (Å²) in [6.07, 6.45) is 7.03. The molecule has 1 saturated heterocycles. The Morgan fingerprint density at radius 3 is 2.95 bits per heavy atom. The number of aliphatic hydroxyl groups is 1. The van der Waals surface area contributed by atoms with E-state index in [-0.39, 0.29) is 6.61 Å². The molecule has 1 aliphatic rings. The fraction of sp³-hybridized carbons (Fsp3) is 0.375. The third-order valence-electron chi connectivity index (χ3n) is 3.61. The van der Waals surface area contributed by atoms with E-state index in [0.717, 1.165) is 29.1 Å². The maximum atomic E-state index is 9.00. The molecule has 1 atom stereocenters. The van der Waals surface area contributed by atoms with Crippen molar-refractivity contribution in [3.63, 3.8) is 0 Å². The van der Waals surface area contributed by atoms with Crippen LogP contribution in [0, 0.1) is 0 Å². The highest BCUT2D eigenvalue weighted by Crippen LogP contribution is 2.23. The smallest absolute Gasteiger partial charge is 0.138 e. The van der Waals surface area contributed by atoms with Crippen molar-refractivity contribution in [1.82, 2.24) is 15.3 Å². The predicted molar refractivity (Wildman–Crippen MR) is 80.2 cm³/mol. The molecular formula is C16H19N3O2. The second-order valence-corrected chi connectivity index (χ2v) is 5.17. The average Bonchev–Trinajstić information content (AvgIpc) is 2.47. The number of aliphatic hydroxyl groups excluding tert-OH is 1. The Balaban J connectivity index is 1.73. The van der Waals surface area contributed by atoms with Crippen LogP contribution in [-0.4, -0.2) is 40.9 Å². The molecule has 0 amide bonds. The standard InChI is InChI=1S/C16H19N3O2/c20-6-3-14-7-12(1-4-18-14)13-8-16(10-17-9-13)21-11-15-2-5-19-15/h1,4,7-10,15,19-20H,2-3,5-6,11H2/t15-/m0/s1. The maximum Gasteiger partial charge on any atom is 0.138 e. The molecule has 0 spiro atoms. The van der Waals surface area contributed by atoms with E-state index < -0.39 is 0 Å². The van der Waals surface area contributed by atoms with Gasteiger partial charge in [0.05, 0.1) is 6.20 Å². The first-order chi connectivity index (χ1) is 10.3. The van der Waals surface area contributed by atoms with Gasteiger partial charge in [-0.05, 0) is 36.7 Å². The highest BCUT2D eigenvalue weighted by molar-refractivity contribution is 5.63. The first kappa shape index (κ1) is 14.0. The SMILES string of the molecule is OCCc1cc(-c2cncc(OC[C@@H]3CCN3)c2)ccn1. The van der Waals surface area contributed by atoms with Crippen LogP contribution in [-0.2, 0) is 6.42 Å². The average molecular weight is 285 g/mol. The van der Waals surface area contributed by atoms with E-state index in [4.69, 9.17) is 9.84 Å². The van der Waals surface area contributed by atoms with E-state index >= 15 is 0 Å². The van der Waals surface area contributed by atoms with Crippen molar-refractivity contribution in [2.75, 3.05) is 19.8 Å². The zero-order valence-electron chi connectivity index (χ0n) is 11.8. The number of pyridine rings is 2. The van der Waals surface area contributed by atoms with Gasteiger partial charge >= 0.3 is 0 Å². The van der Waals surface area contributed by atoms with Crippen LogP contribution in [0.25, 0.3) is 11.1 Å². The summed E-state index contributed by atoms with van der Waals surface area (Å²) in [6.45, 7) is 1.86. The molecule has 2 aromatic heterocycles. The lowest BCUT2D eigenvalue weighted by molar-refractivity contribution is 0.217.